The van der Waals surface area contributed by atoms with Gasteiger partial charge in [-0.25, -0.2) is 4.39 Å². The van der Waals surface area contributed by atoms with Crippen LogP contribution < -0.4 is 10.1 Å². The zero-order valence-corrected chi connectivity index (χ0v) is 17.2. The lowest BCUT2D eigenvalue weighted by molar-refractivity contribution is -0.142. The van der Waals surface area contributed by atoms with Crippen LogP contribution in [0.2, 0.25) is 0 Å². The van der Waals surface area contributed by atoms with Gasteiger partial charge in [0.2, 0.25) is 5.91 Å². The van der Waals surface area contributed by atoms with E-state index in [4.69, 9.17) is 4.74 Å². The molecule has 0 spiro atoms. The van der Waals surface area contributed by atoms with Crippen molar-refractivity contribution in [2.75, 3.05) is 6.61 Å². The summed E-state index contributed by atoms with van der Waals surface area (Å²) < 4.78 is 18.8. The number of amides is 2. The van der Waals surface area contributed by atoms with Gasteiger partial charge in [-0.3, -0.25) is 14.6 Å². The predicted molar refractivity (Wildman–Crippen MR) is 114 cm³/mol. The standard InChI is InChI=1S/C24H24FN3O3/c1-18(24(30)27-15-19-11-13-26-14-12-19)28(16-20-7-9-21(25)10-8-20)23(29)17-31-22-5-3-2-4-6-22/h2-14,18H,15-17H2,1H3,(H,27,30)/t18-/m1/s1. The highest BCUT2D eigenvalue weighted by Gasteiger charge is 2.26. The van der Waals surface area contributed by atoms with Gasteiger partial charge in [0.05, 0.1) is 0 Å². The molecule has 3 aromatic rings. The highest BCUT2D eigenvalue weighted by atomic mass is 19.1. The minimum atomic E-state index is -0.751. The number of ether oxygens (including phenoxy) is 1. The van der Waals surface area contributed by atoms with Crippen LogP contribution in [0.5, 0.6) is 5.75 Å². The Kier molecular flexibility index (Phi) is 7.70. The number of pyridine rings is 1. The molecule has 0 aliphatic carbocycles. The maximum Gasteiger partial charge on any atom is 0.261 e. The third-order valence-corrected chi connectivity index (χ3v) is 4.76. The molecule has 3 rings (SSSR count). The van der Waals surface area contributed by atoms with Gasteiger partial charge < -0.3 is 15.0 Å². The molecule has 1 N–H and O–H groups in total. The van der Waals surface area contributed by atoms with E-state index in [9.17, 15) is 14.0 Å². The molecule has 0 radical (unpaired) electrons. The number of carbonyl (C=O) groups excluding carboxylic acids is 2. The van der Waals surface area contributed by atoms with E-state index in [0.29, 0.717) is 17.9 Å². The number of hydrogen-bond donors (Lipinski definition) is 1. The second kappa shape index (κ2) is 10.9. The smallest absolute Gasteiger partial charge is 0.261 e. The number of rotatable bonds is 9. The lowest BCUT2D eigenvalue weighted by Crippen LogP contribution is -2.48. The summed E-state index contributed by atoms with van der Waals surface area (Å²) in [5.74, 6) is -0.448. The first-order valence-electron chi connectivity index (χ1n) is 9.91. The molecule has 1 heterocycles. The lowest BCUT2D eigenvalue weighted by Gasteiger charge is -2.28. The summed E-state index contributed by atoms with van der Waals surface area (Å²) in [6, 6.07) is 17.7. The van der Waals surface area contributed by atoms with E-state index in [1.165, 1.54) is 17.0 Å². The summed E-state index contributed by atoms with van der Waals surface area (Å²) in [5, 5.41) is 2.84. The van der Waals surface area contributed by atoms with Gasteiger partial charge in [-0.1, -0.05) is 30.3 Å². The maximum atomic E-state index is 13.3. The fraction of sp³-hybridized carbons (Fsp3) is 0.208. The van der Waals surface area contributed by atoms with Gasteiger partial charge >= 0.3 is 0 Å². The van der Waals surface area contributed by atoms with Crippen LogP contribution in [0.25, 0.3) is 0 Å². The molecule has 6 nitrogen and oxygen atoms in total. The van der Waals surface area contributed by atoms with Crippen molar-refractivity contribution >= 4 is 11.8 Å². The van der Waals surface area contributed by atoms with Crippen LogP contribution in [0.1, 0.15) is 18.1 Å². The molecule has 0 bridgehead atoms. The average molecular weight is 421 g/mol. The molecule has 0 saturated carbocycles. The fourth-order valence-electron chi connectivity index (χ4n) is 2.95. The Balaban J connectivity index is 1.69. The number of hydrogen-bond acceptors (Lipinski definition) is 4. The molecule has 0 aliphatic rings. The third-order valence-electron chi connectivity index (χ3n) is 4.76. The summed E-state index contributed by atoms with van der Waals surface area (Å²) >= 11 is 0. The van der Waals surface area contributed by atoms with Gasteiger partial charge in [0.15, 0.2) is 6.61 Å². The molecule has 2 aromatic carbocycles. The Labute approximate surface area is 180 Å². The molecule has 1 aromatic heterocycles. The SMILES string of the molecule is C[C@H](C(=O)NCc1ccncc1)N(Cc1ccc(F)cc1)C(=O)COc1ccccc1. The number of nitrogens with one attached hydrogen (secondary N) is 1. The van der Waals surface area contributed by atoms with Crippen LogP contribution >= 0.6 is 0 Å². The Morgan fingerprint density at radius 1 is 1.00 bits per heavy atom. The van der Waals surface area contributed by atoms with Gasteiger partial charge in [0.1, 0.15) is 17.6 Å². The van der Waals surface area contributed by atoms with Crippen LogP contribution in [0.4, 0.5) is 4.39 Å². The minimum Gasteiger partial charge on any atom is -0.484 e. The van der Waals surface area contributed by atoms with Gasteiger partial charge in [-0.05, 0) is 54.4 Å². The van der Waals surface area contributed by atoms with Crippen molar-refractivity contribution in [1.82, 2.24) is 15.2 Å². The molecule has 7 heteroatoms. The Morgan fingerprint density at radius 3 is 2.35 bits per heavy atom. The van der Waals surface area contributed by atoms with E-state index in [1.807, 2.05) is 18.2 Å². The van der Waals surface area contributed by atoms with Crippen LogP contribution in [0.15, 0.2) is 79.1 Å². The molecule has 0 saturated heterocycles. The van der Waals surface area contributed by atoms with E-state index in [1.54, 1.807) is 55.7 Å². The number of aromatic nitrogens is 1. The average Bonchev–Trinajstić information content (AvgIpc) is 2.81. The maximum absolute atomic E-state index is 13.3. The van der Waals surface area contributed by atoms with Crippen molar-refractivity contribution in [2.45, 2.75) is 26.1 Å². The van der Waals surface area contributed by atoms with Crippen molar-refractivity contribution in [3.05, 3.63) is 96.1 Å². The van der Waals surface area contributed by atoms with Crippen molar-refractivity contribution in [2.24, 2.45) is 0 Å². The third kappa shape index (κ3) is 6.64. The molecule has 31 heavy (non-hydrogen) atoms. The Bertz CT molecular complexity index is 982. The highest BCUT2D eigenvalue weighted by molar-refractivity contribution is 5.87. The zero-order chi connectivity index (χ0) is 22.1. The van der Waals surface area contributed by atoms with Crippen LogP contribution in [-0.2, 0) is 22.7 Å². The molecule has 1 atom stereocenters. The van der Waals surface area contributed by atoms with Crippen molar-refractivity contribution in [3.63, 3.8) is 0 Å². The Hall–Kier alpha value is -3.74. The predicted octanol–water partition coefficient (Wildman–Crippen LogP) is 3.33. The summed E-state index contributed by atoms with van der Waals surface area (Å²) in [6.07, 6.45) is 3.30. The zero-order valence-electron chi connectivity index (χ0n) is 17.2. The number of carbonyl (C=O) groups is 2. The van der Waals surface area contributed by atoms with Crippen molar-refractivity contribution in [1.29, 1.82) is 0 Å². The first-order valence-corrected chi connectivity index (χ1v) is 9.91. The summed E-state index contributed by atoms with van der Waals surface area (Å²) in [7, 11) is 0. The second-order valence-corrected chi connectivity index (χ2v) is 7.00. The molecule has 2 amide bonds. The second-order valence-electron chi connectivity index (χ2n) is 7.00. The summed E-state index contributed by atoms with van der Waals surface area (Å²) in [5.41, 5.74) is 1.61. The quantitative estimate of drug-likeness (QED) is 0.575. The molecular formula is C24H24FN3O3. The molecule has 0 unspecified atom stereocenters. The van der Waals surface area contributed by atoms with E-state index >= 15 is 0 Å². The fourth-order valence-corrected chi connectivity index (χ4v) is 2.95. The monoisotopic (exact) mass is 421 g/mol. The van der Waals surface area contributed by atoms with Gasteiger partial charge in [0, 0.05) is 25.5 Å². The topological polar surface area (TPSA) is 71.5 Å². The normalized spacial score (nSPS) is 11.4. The number of benzene rings is 2. The molecule has 0 fully saturated rings. The van der Waals surface area contributed by atoms with Gasteiger partial charge in [-0.15, -0.1) is 0 Å². The summed E-state index contributed by atoms with van der Waals surface area (Å²) in [4.78, 5) is 31.1. The van der Waals surface area contributed by atoms with Crippen molar-refractivity contribution < 1.29 is 18.7 Å². The van der Waals surface area contributed by atoms with Crippen molar-refractivity contribution in [3.8, 4) is 5.75 Å². The van der Waals surface area contributed by atoms with Crippen LogP contribution in [0.3, 0.4) is 0 Å². The largest absolute Gasteiger partial charge is 0.484 e. The number of para-hydroxylation sites is 1. The molecule has 160 valence electrons. The molecule has 0 aliphatic heterocycles. The van der Waals surface area contributed by atoms with Gasteiger partial charge in [-0.2, -0.15) is 0 Å². The van der Waals surface area contributed by atoms with E-state index in [0.717, 1.165) is 5.56 Å². The van der Waals surface area contributed by atoms with E-state index < -0.39 is 6.04 Å². The first kappa shape index (κ1) is 22.0. The lowest BCUT2D eigenvalue weighted by atomic mass is 10.1. The minimum absolute atomic E-state index is 0.154. The summed E-state index contributed by atoms with van der Waals surface area (Å²) in [6.45, 7) is 1.92. The number of halogens is 1. The molecular weight excluding hydrogens is 397 g/mol. The van der Waals surface area contributed by atoms with Gasteiger partial charge in [0.25, 0.3) is 5.91 Å². The van der Waals surface area contributed by atoms with Crippen LogP contribution in [-0.4, -0.2) is 34.3 Å². The Morgan fingerprint density at radius 2 is 1.68 bits per heavy atom. The van der Waals surface area contributed by atoms with E-state index in [2.05, 4.69) is 10.3 Å². The highest BCUT2D eigenvalue weighted by Crippen LogP contribution is 2.13. The van der Waals surface area contributed by atoms with E-state index in [-0.39, 0.29) is 30.8 Å². The first-order chi connectivity index (χ1) is 15.0. The van der Waals surface area contributed by atoms with Crippen LogP contribution in [0, 0.1) is 5.82 Å². The number of nitrogens with zero attached hydrogens (tertiary/aromatic N) is 2.